The van der Waals surface area contributed by atoms with Gasteiger partial charge in [0.1, 0.15) is 18.2 Å². The van der Waals surface area contributed by atoms with E-state index in [1.807, 2.05) is 54.6 Å². The predicted octanol–water partition coefficient (Wildman–Crippen LogP) is 5.92. The molecule has 0 saturated carbocycles. The highest BCUT2D eigenvalue weighted by molar-refractivity contribution is 8.01. The molecule has 37 heavy (non-hydrogen) atoms. The van der Waals surface area contributed by atoms with Crippen molar-refractivity contribution in [3.8, 4) is 11.8 Å². The summed E-state index contributed by atoms with van der Waals surface area (Å²) in [7, 11) is 0. The van der Waals surface area contributed by atoms with Crippen LogP contribution in [0.3, 0.4) is 0 Å². The van der Waals surface area contributed by atoms with Crippen LogP contribution in [0.1, 0.15) is 49.7 Å². The standard InChI is InChI=1S/C28H27N5O2S2/c1-2-15-36-28-32-31-27(37-28)33-22-9-6-10-23(34)25(22)24(21(16-29)26(33)30)19-11-13-20(14-12-19)35-17-18-7-4-3-5-8-18/h3-5,7-8,11-14,24H,2,6,9-10,15,17,30H2,1H3. The number of ether oxygens (including phenoxy) is 1. The number of carbonyl (C=O) groups is 1. The van der Waals surface area contributed by atoms with E-state index in [1.54, 1.807) is 16.7 Å². The number of nitrogens with two attached hydrogens (primary N) is 1. The molecule has 0 fully saturated rings. The molecule has 2 heterocycles. The van der Waals surface area contributed by atoms with Crippen LogP contribution in [-0.4, -0.2) is 21.7 Å². The van der Waals surface area contributed by atoms with Crippen LogP contribution in [0.2, 0.25) is 0 Å². The van der Waals surface area contributed by atoms with Gasteiger partial charge in [0.15, 0.2) is 10.1 Å². The Balaban J connectivity index is 1.48. The van der Waals surface area contributed by atoms with Gasteiger partial charge in [-0.05, 0) is 42.5 Å². The van der Waals surface area contributed by atoms with Gasteiger partial charge in [0.25, 0.3) is 0 Å². The number of rotatable bonds is 8. The fraction of sp³-hybridized carbons (Fsp3) is 0.286. The topological polar surface area (TPSA) is 105 Å². The van der Waals surface area contributed by atoms with Crippen LogP contribution in [0.5, 0.6) is 5.75 Å². The van der Waals surface area contributed by atoms with Crippen LogP contribution in [0.25, 0.3) is 0 Å². The number of anilines is 1. The molecule has 0 saturated heterocycles. The molecule has 2 aromatic carbocycles. The molecule has 3 aromatic rings. The number of hydrogen-bond acceptors (Lipinski definition) is 9. The summed E-state index contributed by atoms with van der Waals surface area (Å²) in [6, 6.07) is 19.9. The molecule has 7 nitrogen and oxygen atoms in total. The van der Waals surface area contributed by atoms with Gasteiger partial charge >= 0.3 is 0 Å². The van der Waals surface area contributed by atoms with Crippen molar-refractivity contribution in [1.29, 1.82) is 5.26 Å². The predicted molar refractivity (Wildman–Crippen MR) is 146 cm³/mol. The van der Waals surface area contributed by atoms with E-state index in [1.165, 1.54) is 11.3 Å². The lowest BCUT2D eigenvalue weighted by Gasteiger charge is -2.38. The number of carbonyl (C=O) groups excluding carboxylic acids is 1. The maximum absolute atomic E-state index is 13.3. The molecule has 1 aliphatic heterocycles. The highest BCUT2D eigenvalue weighted by Crippen LogP contribution is 2.47. The number of hydrogen-bond donors (Lipinski definition) is 1. The summed E-state index contributed by atoms with van der Waals surface area (Å²) in [5, 5.41) is 19.5. The molecule has 1 unspecified atom stereocenters. The monoisotopic (exact) mass is 529 g/mol. The van der Waals surface area contributed by atoms with E-state index in [9.17, 15) is 10.1 Å². The molecule has 0 bridgehead atoms. The smallest absolute Gasteiger partial charge is 0.219 e. The van der Waals surface area contributed by atoms with Gasteiger partial charge in [-0.1, -0.05) is 72.5 Å². The Morgan fingerprint density at radius 2 is 1.95 bits per heavy atom. The largest absolute Gasteiger partial charge is 0.489 e. The highest BCUT2D eigenvalue weighted by atomic mass is 32.2. The van der Waals surface area contributed by atoms with Crippen molar-refractivity contribution < 1.29 is 9.53 Å². The first-order valence-electron chi connectivity index (χ1n) is 12.3. The van der Waals surface area contributed by atoms with Crippen LogP contribution in [-0.2, 0) is 11.4 Å². The van der Waals surface area contributed by atoms with E-state index < -0.39 is 5.92 Å². The number of ketones is 1. The maximum Gasteiger partial charge on any atom is 0.219 e. The van der Waals surface area contributed by atoms with Crippen LogP contribution in [0.4, 0.5) is 5.13 Å². The van der Waals surface area contributed by atoms with Crippen LogP contribution < -0.4 is 15.4 Å². The molecule has 2 aliphatic rings. The van der Waals surface area contributed by atoms with E-state index in [-0.39, 0.29) is 5.78 Å². The van der Waals surface area contributed by atoms with Gasteiger partial charge < -0.3 is 10.5 Å². The number of allylic oxidation sites excluding steroid dienone is 3. The fourth-order valence-corrected chi connectivity index (χ4v) is 6.48. The Bertz CT molecular complexity index is 1390. The Morgan fingerprint density at radius 3 is 2.68 bits per heavy atom. The molecule has 2 N–H and O–H groups in total. The number of nitrogens with zero attached hydrogens (tertiary/aromatic N) is 4. The van der Waals surface area contributed by atoms with Gasteiger partial charge in [-0.2, -0.15) is 5.26 Å². The summed E-state index contributed by atoms with van der Waals surface area (Å²) in [4.78, 5) is 15.1. The van der Waals surface area contributed by atoms with Gasteiger partial charge in [0, 0.05) is 23.4 Å². The number of benzene rings is 2. The normalized spacial score (nSPS) is 17.6. The Kier molecular flexibility index (Phi) is 7.58. The number of Topliss-reactive ketones (excluding diaryl/α,β-unsaturated/α-hetero) is 1. The number of nitriles is 1. The maximum atomic E-state index is 13.3. The summed E-state index contributed by atoms with van der Waals surface area (Å²) in [5.41, 5.74) is 10.4. The van der Waals surface area contributed by atoms with Crippen molar-refractivity contribution in [2.75, 3.05) is 10.7 Å². The second kappa shape index (κ2) is 11.2. The second-order valence-corrected chi connectivity index (χ2v) is 11.2. The quantitative estimate of drug-likeness (QED) is 0.358. The molecule has 1 aromatic heterocycles. The van der Waals surface area contributed by atoms with E-state index in [0.29, 0.717) is 41.5 Å². The third kappa shape index (κ3) is 5.13. The molecular weight excluding hydrogens is 502 g/mol. The first kappa shape index (κ1) is 25.1. The summed E-state index contributed by atoms with van der Waals surface area (Å²) < 4.78 is 6.78. The average molecular weight is 530 g/mol. The minimum Gasteiger partial charge on any atom is -0.489 e. The summed E-state index contributed by atoms with van der Waals surface area (Å²) in [6.07, 6.45) is 2.91. The highest BCUT2D eigenvalue weighted by Gasteiger charge is 2.41. The second-order valence-electron chi connectivity index (χ2n) is 8.86. The van der Waals surface area contributed by atoms with Gasteiger partial charge in [-0.25, -0.2) is 0 Å². The summed E-state index contributed by atoms with van der Waals surface area (Å²) in [5.74, 6) is 1.51. The van der Waals surface area contributed by atoms with Gasteiger partial charge in [0.05, 0.1) is 17.6 Å². The number of thioether (sulfide) groups is 1. The van der Waals surface area contributed by atoms with Crippen molar-refractivity contribution in [2.24, 2.45) is 5.73 Å². The third-order valence-corrected chi connectivity index (χ3v) is 8.64. The fourth-order valence-electron chi connectivity index (χ4n) is 4.68. The molecule has 0 spiro atoms. The minimum atomic E-state index is -0.519. The lowest BCUT2D eigenvalue weighted by molar-refractivity contribution is -0.116. The SMILES string of the molecule is CCCSc1nnc(N2C(N)=C(C#N)C(c3ccc(OCc4ccccc4)cc3)C3=C2CCCC3=O)s1. The van der Waals surface area contributed by atoms with E-state index in [4.69, 9.17) is 10.5 Å². The van der Waals surface area contributed by atoms with Crippen LogP contribution in [0.15, 0.2) is 81.6 Å². The molecular formula is C28H27N5O2S2. The van der Waals surface area contributed by atoms with E-state index in [2.05, 4.69) is 23.2 Å². The zero-order valence-corrected chi connectivity index (χ0v) is 22.1. The van der Waals surface area contributed by atoms with E-state index in [0.717, 1.165) is 45.5 Å². The zero-order valence-electron chi connectivity index (χ0n) is 20.5. The molecule has 1 atom stereocenters. The Labute approximate surface area is 224 Å². The number of aromatic nitrogens is 2. The van der Waals surface area contributed by atoms with Crippen molar-refractivity contribution >= 4 is 34.0 Å². The lowest BCUT2D eigenvalue weighted by atomic mass is 9.76. The Morgan fingerprint density at radius 1 is 1.16 bits per heavy atom. The van der Waals surface area contributed by atoms with E-state index >= 15 is 0 Å². The molecule has 188 valence electrons. The average Bonchev–Trinajstić information content (AvgIpc) is 3.39. The van der Waals surface area contributed by atoms with Crippen LogP contribution >= 0.6 is 23.1 Å². The molecule has 1 aliphatic carbocycles. The van der Waals surface area contributed by atoms with Crippen molar-refractivity contribution in [3.63, 3.8) is 0 Å². The lowest BCUT2D eigenvalue weighted by Crippen LogP contribution is -2.38. The third-order valence-electron chi connectivity index (χ3n) is 6.39. The Hall–Kier alpha value is -3.61. The molecule has 5 rings (SSSR count). The summed E-state index contributed by atoms with van der Waals surface area (Å²) >= 11 is 3.08. The van der Waals surface area contributed by atoms with Crippen LogP contribution in [0, 0.1) is 11.3 Å². The minimum absolute atomic E-state index is 0.0472. The van der Waals surface area contributed by atoms with Crippen molar-refractivity contribution in [3.05, 3.63) is 88.4 Å². The molecule has 0 radical (unpaired) electrons. The zero-order chi connectivity index (χ0) is 25.8. The first-order valence-corrected chi connectivity index (χ1v) is 14.1. The molecule has 9 heteroatoms. The first-order chi connectivity index (χ1) is 18.1. The van der Waals surface area contributed by atoms with Gasteiger partial charge in [-0.3, -0.25) is 9.69 Å². The van der Waals surface area contributed by atoms with Crippen molar-refractivity contribution in [1.82, 2.24) is 10.2 Å². The van der Waals surface area contributed by atoms with Gasteiger partial charge in [0.2, 0.25) is 5.13 Å². The summed E-state index contributed by atoms with van der Waals surface area (Å²) in [6.45, 7) is 2.58. The molecule has 0 amide bonds. The van der Waals surface area contributed by atoms with Gasteiger partial charge in [-0.15, -0.1) is 10.2 Å². The van der Waals surface area contributed by atoms with Crippen molar-refractivity contribution in [2.45, 2.75) is 49.5 Å².